The number of para-hydroxylation sites is 1. The molecule has 2 aromatic rings. The van der Waals surface area contributed by atoms with E-state index in [1.165, 1.54) is 0 Å². The van der Waals surface area contributed by atoms with Crippen LogP contribution in [0.3, 0.4) is 0 Å². The van der Waals surface area contributed by atoms with Gasteiger partial charge in [-0.3, -0.25) is 4.57 Å². The first-order valence-electron chi connectivity index (χ1n) is 14.1. The summed E-state index contributed by atoms with van der Waals surface area (Å²) in [6, 6.07) is 5.97. The second kappa shape index (κ2) is 11.7. The molecule has 2 heterocycles. The molecule has 1 aliphatic rings. The topological polar surface area (TPSA) is 54.7 Å². The van der Waals surface area contributed by atoms with E-state index in [1.807, 2.05) is 39.0 Å². The number of aryl methyl sites for hydroxylation is 3. The quantitative estimate of drug-likeness (QED) is 0.220. The summed E-state index contributed by atoms with van der Waals surface area (Å²) in [5.74, 6) is 1.15. The van der Waals surface area contributed by atoms with Gasteiger partial charge in [-0.25, -0.2) is 4.39 Å². The molecular weight excluding hydrogens is 560 g/mol. The van der Waals surface area contributed by atoms with Crippen LogP contribution in [0.4, 0.5) is 4.39 Å². The van der Waals surface area contributed by atoms with Crippen LogP contribution in [0.1, 0.15) is 64.5 Å². The number of halogens is 1. The molecule has 1 aromatic heterocycles. The van der Waals surface area contributed by atoms with Gasteiger partial charge in [0.2, 0.25) is 10.7 Å². The highest BCUT2D eigenvalue weighted by Crippen LogP contribution is 2.44. The van der Waals surface area contributed by atoms with Crippen LogP contribution in [0.15, 0.2) is 24.4 Å². The number of rotatable bonds is 8. The molecule has 40 heavy (non-hydrogen) atoms. The number of hydrogen-bond donors (Lipinski definition) is 0. The smallest absolute Gasteiger partial charge is 0.226 e. The maximum atomic E-state index is 16.4. The van der Waals surface area contributed by atoms with E-state index in [9.17, 15) is 0 Å². The summed E-state index contributed by atoms with van der Waals surface area (Å²) >= 11 is 5.66. The molecule has 0 aliphatic carbocycles. The third kappa shape index (κ3) is 6.95. The van der Waals surface area contributed by atoms with Crippen molar-refractivity contribution in [2.45, 2.75) is 123 Å². The molecule has 0 spiro atoms. The van der Waals surface area contributed by atoms with Gasteiger partial charge in [0.1, 0.15) is 18.0 Å². The molecule has 4 atom stereocenters. The molecule has 1 saturated heterocycles. The lowest BCUT2D eigenvalue weighted by Crippen LogP contribution is -2.50. The number of hydrogen-bond acceptors (Lipinski definition) is 6. The average Bonchev–Trinajstić information content (AvgIpc) is 3.10. The molecule has 224 valence electrons. The molecule has 0 radical (unpaired) electrons. The van der Waals surface area contributed by atoms with Gasteiger partial charge in [-0.1, -0.05) is 59.7 Å². The minimum absolute atomic E-state index is 0.0186. The summed E-state index contributed by atoms with van der Waals surface area (Å²) in [4.78, 5) is 4.56. The Morgan fingerprint density at radius 2 is 1.50 bits per heavy atom. The molecule has 6 nitrogen and oxygen atoms in total. The average molecular weight is 609 g/mol. The Morgan fingerprint density at radius 1 is 0.950 bits per heavy atom. The Labute approximate surface area is 247 Å². The maximum absolute atomic E-state index is 16.4. The Bertz CT molecular complexity index is 1250. The molecule has 0 saturated carbocycles. The second-order valence-electron chi connectivity index (χ2n) is 14.2. The highest BCUT2D eigenvalue weighted by Gasteiger charge is 2.52. The van der Waals surface area contributed by atoms with Gasteiger partial charge in [0.15, 0.2) is 29.0 Å². The molecule has 1 fully saturated rings. The first kappa shape index (κ1) is 33.1. The monoisotopic (exact) mass is 608 g/mol. The van der Waals surface area contributed by atoms with Crippen molar-refractivity contribution >= 4 is 28.9 Å². The summed E-state index contributed by atoms with van der Waals surface area (Å²) in [7, 11) is -4.42. The fourth-order valence-corrected chi connectivity index (χ4v) is 6.68. The van der Waals surface area contributed by atoms with Gasteiger partial charge >= 0.3 is 0 Å². The van der Waals surface area contributed by atoms with E-state index < -0.39 is 41.2 Å². The summed E-state index contributed by atoms with van der Waals surface area (Å²) in [6.45, 7) is 27.8. The molecule has 3 rings (SSSR count). The van der Waals surface area contributed by atoms with Crippen molar-refractivity contribution in [3.63, 3.8) is 0 Å². The molecule has 1 aromatic carbocycles. The van der Waals surface area contributed by atoms with Crippen molar-refractivity contribution in [3.05, 3.63) is 45.9 Å². The van der Waals surface area contributed by atoms with Gasteiger partial charge in [-0.05, 0) is 80.4 Å². The SMILES string of the molecule is Cc1cn([C@H]2O[C@@H](CO[Si](C)(C)C(C)(C)C)C(O[Si](C)(C)C(C)(C)C)[C@H]2F)c(=S)nc1Oc1c(C)cccc1C. The number of aromatic nitrogens is 2. The van der Waals surface area contributed by atoms with E-state index >= 15 is 4.39 Å². The molecule has 1 aliphatic heterocycles. The fourth-order valence-electron chi connectivity index (χ4n) is 4.11. The van der Waals surface area contributed by atoms with Gasteiger partial charge in [0.25, 0.3) is 0 Å². The predicted octanol–water partition coefficient (Wildman–Crippen LogP) is 8.98. The zero-order chi connectivity index (χ0) is 30.4. The largest absolute Gasteiger partial charge is 0.438 e. The number of benzene rings is 1. The van der Waals surface area contributed by atoms with Gasteiger partial charge in [-0.2, -0.15) is 4.98 Å². The third-order valence-electron chi connectivity index (χ3n) is 8.89. The number of ether oxygens (including phenoxy) is 2. The number of alkyl halides is 1. The molecule has 0 amide bonds. The van der Waals surface area contributed by atoms with Crippen molar-refractivity contribution in [2.75, 3.05) is 6.61 Å². The van der Waals surface area contributed by atoms with Gasteiger partial charge in [0.05, 0.1) is 6.61 Å². The van der Waals surface area contributed by atoms with Crippen LogP contribution in [0.2, 0.25) is 36.3 Å². The lowest BCUT2D eigenvalue weighted by Gasteiger charge is -2.40. The Hall–Kier alpha value is -1.44. The van der Waals surface area contributed by atoms with Crippen LogP contribution in [-0.2, 0) is 13.6 Å². The van der Waals surface area contributed by atoms with Gasteiger partial charge in [0, 0.05) is 11.8 Å². The highest BCUT2D eigenvalue weighted by molar-refractivity contribution is 7.71. The molecule has 0 bridgehead atoms. The molecular formula is C30H49FN2O4SSi2. The van der Waals surface area contributed by atoms with E-state index in [1.54, 1.807) is 10.8 Å². The fraction of sp³-hybridized carbons (Fsp3) is 0.667. The second-order valence-corrected chi connectivity index (χ2v) is 24.1. The molecule has 10 heteroatoms. The zero-order valence-electron chi connectivity index (χ0n) is 26.6. The normalized spacial score (nSPS) is 22.6. The zero-order valence-corrected chi connectivity index (χ0v) is 29.5. The van der Waals surface area contributed by atoms with Crippen LogP contribution < -0.4 is 4.74 Å². The van der Waals surface area contributed by atoms with Gasteiger partial charge in [-0.15, -0.1) is 0 Å². The van der Waals surface area contributed by atoms with E-state index in [-0.39, 0.29) is 21.5 Å². The van der Waals surface area contributed by atoms with Crippen molar-refractivity contribution in [2.24, 2.45) is 0 Å². The van der Waals surface area contributed by atoms with E-state index in [0.717, 1.165) is 22.4 Å². The van der Waals surface area contributed by atoms with Crippen LogP contribution in [-0.4, -0.2) is 51.2 Å². The standard InChI is InChI=1S/C30H49FN2O4SSi2/c1-19-15-14-16-20(2)24(19)36-26-21(3)17-33(28(38)32-26)27-23(31)25(37-40(12,13)30(7,8)9)22(35-27)18-34-39(10,11)29(4,5)6/h14-17,22-23,25,27H,18H2,1-13H3/t22-,23+,25?,27-/m0/s1. The first-order chi connectivity index (χ1) is 18.2. The summed E-state index contributed by atoms with van der Waals surface area (Å²) in [5.41, 5.74) is 2.74. The predicted molar refractivity (Wildman–Crippen MR) is 168 cm³/mol. The summed E-state index contributed by atoms with van der Waals surface area (Å²) in [6.07, 6.45) is -1.99. The molecule has 1 unspecified atom stereocenters. The number of nitrogens with zero attached hydrogens (tertiary/aromatic N) is 2. The van der Waals surface area contributed by atoms with Crippen molar-refractivity contribution < 1.29 is 22.7 Å². The summed E-state index contributed by atoms with van der Waals surface area (Å²) in [5, 5.41) is -0.0679. The van der Waals surface area contributed by atoms with Gasteiger partial charge < -0.3 is 18.3 Å². The summed E-state index contributed by atoms with van der Waals surface area (Å²) < 4.78 is 44.0. The van der Waals surface area contributed by atoms with Crippen LogP contribution >= 0.6 is 12.2 Å². The third-order valence-corrected chi connectivity index (χ3v) is 18.2. The maximum Gasteiger partial charge on any atom is 0.226 e. The lowest BCUT2D eigenvalue weighted by molar-refractivity contribution is -0.0448. The van der Waals surface area contributed by atoms with Crippen molar-refractivity contribution in [1.82, 2.24) is 9.55 Å². The van der Waals surface area contributed by atoms with Crippen molar-refractivity contribution in [3.8, 4) is 11.6 Å². The lowest BCUT2D eigenvalue weighted by atomic mass is 10.1. The first-order valence-corrected chi connectivity index (χ1v) is 20.3. The van der Waals surface area contributed by atoms with Crippen LogP contribution in [0, 0.1) is 25.5 Å². The minimum Gasteiger partial charge on any atom is -0.438 e. The van der Waals surface area contributed by atoms with Crippen molar-refractivity contribution in [1.29, 1.82) is 0 Å². The van der Waals surface area contributed by atoms with E-state index in [0.29, 0.717) is 5.88 Å². The Morgan fingerprint density at radius 3 is 2.02 bits per heavy atom. The van der Waals surface area contributed by atoms with E-state index in [2.05, 4.69) is 72.7 Å². The highest BCUT2D eigenvalue weighted by atomic mass is 32.1. The Kier molecular flexibility index (Phi) is 9.66. The molecule has 0 N–H and O–H groups in total. The van der Waals surface area contributed by atoms with E-state index in [4.69, 9.17) is 30.5 Å². The van der Waals surface area contributed by atoms with Crippen LogP contribution in [0.5, 0.6) is 11.6 Å². The Balaban J connectivity index is 1.95. The van der Waals surface area contributed by atoms with Crippen LogP contribution in [0.25, 0.3) is 0 Å². The minimum atomic E-state index is -2.32.